The Hall–Kier alpha value is -0.710. The fraction of sp³-hybridized carbons (Fsp3) is 0.900. The van der Waals surface area contributed by atoms with Gasteiger partial charge in [-0.05, 0) is 97.4 Å². The summed E-state index contributed by atoms with van der Waals surface area (Å²) < 4.78 is 0. The van der Waals surface area contributed by atoms with Crippen LogP contribution in [-0.4, -0.2) is 38.9 Å². The second-order valence-electron chi connectivity index (χ2n) is 14.6. The summed E-state index contributed by atoms with van der Waals surface area (Å²) in [5.74, 6) is 1.29. The molecule has 0 saturated heterocycles. The van der Waals surface area contributed by atoms with E-state index in [4.69, 9.17) is 0 Å². The Morgan fingerprint density at radius 3 is 2.32 bits per heavy atom. The van der Waals surface area contributed by atoms with Crippen molar-refractivity contribution in [2.75, 3.05) is 0 Å². The van der Waals surface area contributed by atoms with Crippen LogP contribution in [0.2, 0.25) is 0 Å². The molecule has 0 aromatic carbocycles. The molecule has 2 fully saturated rings. The highest BCUT2D eigenvalue weighted by Gasteiger charge is 2.67. The second-order valence-corrected chi connectivity index (χ2v) is 14.6. The minimum absolute atomic E-state index is 0.104. The molecule has 4 aliphatic carbocycles. The molecule has 4 rings (SSSR count). The molecule has 0 heterocycles. The minimum Gasteiger partial charge on any atom is -0.393 e. The fourth-order valence-electron chi connectivity index (χ4n) is 9.45. The monoisotopic (exact) mass is 474 g/mol. The molecule has 0 bridgehead atoms. The van der Waals surface area contributed by atoms with Crippen LogP contribution in [0.4, 0.5) is 0 Å². The third-order valence-electron chi connectivity index (χ3n) is 11.7. The number of allylic oxidation sites excluding steroid dienone is 1. The van der Waals surface area contributed by atoms with Crippen molar-refractivity contribution < 1.29 is 20.1 Å². The van der Waals surface area contributed by atoms with E-state index >= 15 is 0 Å². The average molecular weight is 475 g/mol. The van der Waals surface area contributed by atoms with Crippen LogP contribution in [0.25, 0.3) is 0 Å². The lowest BCUT2D eigenvalue weighted by atomic mass is 9.42. The molecule has 4 heteroatoms. The molecule has 2 unspecified atom stereocenters. The summed E-state index contributed by atoms with van der Waals surface area (Å²) in [5.41, 5.74) is 0.462. The van der Waals surface area contributed by atoms with Crippen LogP contribution in [0, 0.1) is 39.4 Å². The van der Waals surface area contributed by atoms with Gasteiger partial charge in [0.1, 0.15) is 0 Å². The summed E-state index contributed by atoms with van der Waals surface area (Å²) in [6.07, 6.45) is 6.74. The van der Waals surface area contributed by atoms with Crippen LogP contribution in [0.1, 0.15) is 113 Å². The van der Waals surface area contributed by atoms with Crippen LogP contribution in [0.3, 0.4) is 0 Å². The van der Waals surface area contributed by atoms with E-state index in [-0.39, 0.29) is 39.5 Å². The van der Waals surface area contributed by atoms with Gasteiger partial charge in [-0.15, -0.1) is 0 Å². The number of carbonyl (C=O) groups excluding carboxylic acids is 1. The van der Waals surface area contributed by atoms with E-state index < -0.39 is 11.7 Å². The second kappa shape index (κ2) is 8.15. The van der Waals surface area contributed by atoms with Gasteiger partial charge in [0.25, 0.3) is 0 Å². The summed E-state index contributed by atoms with van der Waals surface area (Å²) >= 11 is 0. The lowest BCUT2D eigenvalue weighted by Crippen LogP contribution is -2.59. The van der Waals surface area contributed by atoms with Gasteiger partial charge in [0.15, 0.2) is 5.78 Å². The van der Waals surface area contributed by atoms with Crippen molar-refractivity contribution in [3.8, 4) is 0 Å². The van der Waals surface area contributed by atoms with Gasteiger partial charge in [-0.3, -0.25) is 4.79 Å². The standard InChI is InChI=1S/C30H50O4/c1-18(10-9-13-26(2,3)34)19-11-15-29(7)25-20(31)16-22-27(4,5)23(33)12-14-28(22,6)24(25)21(32)17-30(19,29)8/h18-20,22-23,31,33-34H,9-17H2,1-8H3/t18-,19-,20?,22+,23?,28+,29+,30-/m1/s1. The van der Waals surface area contributed by atoms with Gasteiger partial charge in [-0.2, -0.15) is 0 Å². The third-order valence-corrected chi connectivity index (χ3v) is 11.7. The van der Waals surface area contributed by atoms with E-state index in [1.54, 1.807) is 0 Å². The zero-order chi connectivity index (χ0) is 25.5. The van der Waals surface area contributed by atoms with Crippen molar-refractivity contribution >= 4 is 5.78 Å². The van der Waals surface area contributed by atoms with Crippen molar-refractivity contribution in [3.63, 3.8) is 0 Å². The average Bonchev–Trinajstić information content (AvgIpc) is 2.97. The maximum absolute atomic E-state index is 14.1. The summed E-state index contributed by atoms with van der Waals surface area (Å²) in [4.78, 5) is 14.1. The summed E-state index contributed by atoms with van der Waals surface area (Å²) in [6.45, 7) is 17.3. The lowest BCUT2D eigenvalue weighted by molar-refractivity contribution is -0.137. The highest BCUT2D eigenvalue weighted by Crippen LogP contribution is 2.71. The minimum atomic E-state index is -0.631. The lowest BCUT2D eigenvalue weighted by Gasteiger charge is -2.62. The van der Waals surface area contributed by atoms with E-state index in [1.165, 1.54) is 0 Å². The van der Waals surface area contributed by atoms with Crippen LogP contribution < -0.4 is 0 Å². The van der Waals surface area contributed by atoms with E-state index in [2.05, 4.69) is 41.5 Å². The van der Waals surface area contributed by atoms with Crippen LogP contribution in [0.5, 0.6) is 0 Å². The first-order valence-corrected chi connectivity index (χ1v) is 13.9. The van der Waals surface area contributed by atoms with Crippen molar-refractivity contribution in [2.45, 2.75) is 131 Å². The number of Topliss-reactive ketones (excluding diaryl/α,β-unsaturated/α-hetero) is 1. The first-order valence-electron chi connectivity index (χ1n) is 13.9. The van der Waals surface area contributed by atoms with Crippen LogP contribution >= 0.6 is 0 Å². The van der Waals surface area contributed by atoms with Crippen LogP contribution in [-0.2, 0) is 4.79 Å². The SMILES string of the molecule is C[C@H](CCCC(C)(C)O)[C@H]1CC[C@@]2(C)C3=C(C(=O)C[C@]12C)[C@@]1(C)CCC(O)C(C)(C)[C@@H]1CC3O. The molecule has 2 saturated carbocycles. The Kier molecular flexibility index (Phi) is 6.32. The fourth-order valence-corrected chi connectivity index (χ4v) is 9.45. The molecule has 194 valence electrons. The maximum atomic E-state index is 14.1. The number of ketones is 1. The molecule has 0 aromatic rings. The molecule has 34 heavy (non-hydrogen) atoms. The smallest absolute Gasteiger partial charge is 0.160 e. The predicted octanol–water partition coefficient (Wildman–Crippen LogP) is 5.82. The molecule has 4 aliphatic rings. The van der Waals surface area contributed by atoms with Gasteiger partial charge in [-0.25, -0.2) is 0 Å². The normalized spacial score (nSPS) is 45.0. The molecule has 0 radical (unpaired) electrons. The molecule has 4 nitrogen and oxygen atoms in total. The number of hydrogen-bond donors (Lipinski definition) is 3. The molecule has 0 amide bonds. The number of rotatable bonds is 5. The number of aliphatic hydroxyl groups is 3. The number of aliphatic hydroxyl groups excluding tert-OH is 2. The highest BCUT2D eigenvalue weighted by molar-refractivity contribution is 6.00. The Morgan fingerprint density at radius 1 is 1.06 bits per heavy atom. The van der Waals surface area contributed by atoms with Crippen molar-refractivity contribution in [1.29, 1.82) is 0 Å². The Labute approximate surface area is 207 Å². The van der Waals surface area contributed by atoms with Crippen LogP contribution in [0.15, 0.2) is 11.1 Å². The summed E-state index contributed by atoms with van der Waals surface area (Å²) in [7, 11) is 0. The predicted molar refractivity (Wildman–Crippen MR) is 136 cm³/mol. The Morgan fingerprint density at radius 2 is 1.71 bits per heavy atom. The molecule has 3 N–H and O–H groups in total. The highest BCUT2D eigenvalue weighted by atomic mass is 16.3. The molecular formula is C30H50O4. The number of fused-ring (bicyclic) bond motifs is 4. The van der Waals surface area contributed by atoms with Gasteiger partial charge in [0, 0.05) is 12.0 Å². The molecular weight excluding hydrogens is 424 g/mol. The first-order chi connectivity index (χ1) is 15.5. The molecule has 0 aliphatic heterocycles. The van der Waals surface area contributed by atoms with Crippen molar-refractivity contribution in [2.24, 2.45) is 39.4 Å². The van der Waals surface area contributed by atoms with E-state index in [0.717, 1.165) is 56.1 Å². The Balaban J connectivity index is 1.71. The Bertz CT molecular complexity index is 866. The van der Waals surface area contributed by atoms with E-state index in [0.29, 0.717) is 24.7 Å². The molecule has 0 aromatic heterocycles. The summed E-state index contributed by atoms with van der Waals surface area (Å²) in [5, 5.41) is 32.6. The van der Waals surface area contributed by atoms with Gasteiger partial charge >= 0.3 is 0 Å². The van der Waals surface area contributed by atoms with Crippen molar-refractivity contribution in [1.82, 2.24) is 0 Å². The van der Waals surface area contributed by atoms with Gasteiger partial charge in [-0.1, -0.05) is 54.4 Å². The maximum Gasteiger partial charge on any atom is 0.160 e. The van der Waals surface area contributed by atoms with E-state index in [9.17, 15) is 20.1 Å². The van der Waals surface area contributed by atoms with Gasteiger partial charge in [0.05, 0.1) is 17.8 Å². The largest absolute Gasteiger partial charge is 0.393 e. The molecule has 0 spiro atoms. The van der Waals surface area contributed by atoms with E-state index in [1.807, 2.05) is 13.8 Å². The number of carbonyl (C=O) groups is 1. The third kappa shape index (κ3) is 3.68. The zero-order valence-electron chi connectivity index (χ0n) is 23.0. The van der Waals surface area contributed by atoms with Gasteiger partial charge < -0.3 is 15.3 Å². The quantitative estimate of drug-likeness (QED) is 0.469. The first kappa shape index (κ1) is 26.4. The van der Waals surface area contributed by atoms with Gasteiger partial charge in [0.2, 0.25) is 0 Å². The molecule has 8 atom stereocenters. The zero-order valence-corrected chi connectivity index (χ0v) is 23.0. The summed E-state index contributed by atoms with van der Waals surface area (Å²) in [6, 6.07) is 0. The number of hydrogen-bond acceptors (Lipinski definition) is 4. The topological polar surface area (TPSA) is 77.8 Å². The van der Waals surface area contributed by atoms with Crippen molar-refractivity contribution in [3.05, 3.63) is 11.1 Å².